The highest BCUT2D eigenvalue weighted by Crippen LogP contribution is 2.45. The summed E-state index contributed by atoms with van der Waals surface area (Å²) in [5.74, 6) is -1.92. The second-order valence-corrected chi connectivity index (χ2v) is 14.1. The molecule has 6 aromatic carbocycles. The van der Waals surface area contributed by atoms with Crippen LogP contribution in [0.25, 0.3) is 43.1 Å². The van der Waals surface area contributed by atoms with E-state index in [-0.39, 0.29) is 46.7 Å². The van der Waals surface area contributed by atoms with Crippen molar-refractivity contribution in [3.63, 3.8) is 0 Å². The molecule has 6 heteroatoms. The Morgan fingerprint density at radius 3 is 1.25 bits per heavy atom. The van der Waals surface area contributed by atoms with Gasteiger partial charge in [-0.1, -0.05) is 110 Å². The Morgan fingerprint density at radius 2 is 0.875 bits per heavy atom. The Balaban J connectivity index is 1.73. The zero-order chi connectivity index (χ0) is 34.8. The number of carbonyl (C=O) groups is 4. The van der Waals surface area contributed by atoms with Crippen molar-refractivity contribution in [3.8, 4) is 0 Å². The fourth-order valence-electron chi connectivity index (χ4n) is 7.17. The van der Waals surface area contributed by atoms with Gasteiger partial charge in [0.2, 0.25) is 0 Å². The summed E-state index contributed by atoms with van der Waals surface area (Å²) >= 11 is 0. The van der Waals surface area contributed by atoms with Gasteiger partial charge in [-0.15, -0.1) is 0 Å². The Kier molecular flexibility index (Phi) is 8.32. The number of fused-ring (bicyclic) bond motifs is 2. The third kappa shape index (κ3) is 5.11. The highest BCUT2D eigenvalue weighted by molar-refractivity contribution is 6.39. The minimum atomic E-state index is -1.11. The largest absolute Gasteiger partial charge is 0.478 e. The molecule has 6 nitrogen and oxygen atoms in total. The normalized spacial score (nSPS) is 12.1. The minimum absolute atomic E-state index is 0.0617. The molecule has 6 aromatic rings. The van der Waals surface area contributed by atoms with E-state index in [1.165, 1.54) is 0 Å². The maximum atomic E-state index is 14.5. The lowest BCUT2D eigenvalue weighted by atomic mass is 9.82. The van der Waals surface area contributed by atoms with Crippen molar-refractivity contribution < 1.29 is 24.3 Å². The molecule has 0 saturated carbocycles. The quantitative estimate of drug-likeness (QED) is 0.0931. The van der Waals surface area contributed by atoms with Crippen molar-refractivity contribution >= 4 is 72.2 Å². The summed E-state index contributed by atoms with van der Waals surface area (Å²) in [6.07, 6.45) is 0. The summed E-state index contributed by atoms with van der Waals surface area (Å²) in [5.41, 5.74) is 4.16. The van der Waals surface area contributed by atoms with E-state index in [9.17, 15) is 24.3 Å². The van der Waals surface area contributed by atoms with Gasteiger partial charge in [-0.05, 0) is 67.4 Å². The van der Waals surface area contributed by atoms with Crippen LogP contribution < -0.4 is 5.32 Å². The molecule has 0 aliphatic carbocycles. The number of aromatic carboxylic acids is 1. The molecule has 2 N–H and O–H groups in total. The maximum absolute atomic E-state index is 14.5. The average Bonchev–Trinajstić information content (AvgIpc) is 3.05. The molecule has 0 saturated heterocycles. The van der Waals surface area contributed by atoms with Crippen molar-refractivity contribution in [2.24, 2.45) is 11.8 Å². The minimum Gasteiger partial charge on any atom is -0.478 e. The summed E-state index contributed by atoms with van der Waals surface area (Å²) in [7, 11) is 0. The average molecular weight is 640 g/mol. The lowest BCUT2D eigenvalue weighted by molar-refractivity contribution is 0.0698. The molecule has 6 rings (SSSR count). The molecule has 0 fully saturated rings. The number of hydrogen-bond acceptors (Lipinski definition) is 4. The second kappa shape index (κ2) is 12.2. The third-order valence-corrected chi connectivity index (χ3v) is 9.57. The van der Waals surface area contributed by atoms with Crippen LogP contribution in [0.15, 0.2) is 66.7 Å². The number of para-hydroxylation sites is 1. The van der Waals surface area contributed by atoms with E-state index in [0.29, 0.717) is 32.8 Å². The summed E-state index contributed by atoms with van der Waals surface area (Å²) < 4.78 is 0. The van der Waals surface area contributed by atoms with E-state index < -0.39 is 5.97 Å². The molecular formula is C42H41NO5. The lowest BCUT2D eigenvalue weighted by Crippen LogP contribution is -2.18. The second-order valence-electron chi connectivity index (χ2n) is 14.1. The van der Waals surface area contributed by atoms with Crippen LogP contribution in [0, 0.1) is 11.8 Å². The number of carboxylic acids is 1. The number of amides is 1. The summed E-state index contributed by atoms with van der Waals surface area (Å²) in [4.78, 5) is 54.2. The van der Waals surface area contributed by atoms with Gasteiger partial charge < -0.3 is 10.4 Å². The van der Waals surface area contributed by atoms with E-state index in [1.54, 1.807) is 44.2 Å². The topological polar surface area (TPSA) is 101 Å². The van der Waals surface area contributed by atoms with Crippen LogP contribution >= 0.6 is 0 Å². The van der Waals surface area contributed by atoms with Crippen molar-refractivity contribution in [2.75, 3.05) is 5.32 Å². The molecule has 0 radical (unpaired) electrons. The fourth-order valence-corrected chi connectivity index (χ4v) is 7.17. The van der Waals surface area contributed by atoms with E-state index in [1.807, 2.05) is 50.2 Å². The first-order chi connectivity index (χ1) is 22.7. The molecule has 0 aliphatic heterocycles. The van der Waals surface area contributed by atoms with Crippen molar-refractivity contribution in [3.05, 3.63) is 100 Å². The highest BCUT2D eigenvalue weighted by atomic mass is 16.4. The molecule has 48 heavy (non-hydrogen) atoms. The van der Waals surface area contributed by atoms with Crippen LogP contribution in [0.5, 0.6) is 0 Å². The first kappa shape index (κ1) is 32.8. The fraction of sp³-hybridized carbons (Fsp3) is 0.286. The van der Waals surface area contributed by atoms with Crippen LogP contribution in [0.1, 0.15) is 120 Å². The van der Waals surface area contributed by atoms with Gasteiger partial charge in [-0.25, -0.2) is 4.79 Å². The predicted octanol–water partition coefficient (Wildman–Crippen LogP) is 10.6. The van der Waals surface area contributed by atoms with Crippen LogP contribution in [0.3, 0.4) is 0 Å². The molecule has 0 aromatic heterocycles. The Morgan fingerprint density at radius 1 is 0.500 bits per heavy atom. The summed E-state index contributed by atoms with van der Waals surface area (Å²) in [6.45, 7) is 15.7. The van der Waals surface area contributed by atoms with Gasteiger partial charge in [0.25, 0.3) is 5.91 Å². The zero-order valence-corrected chi connectivity index (χ0v) is 28.7. The molecule has 0 aliphatic rings. The van der Waals surface area contributed by atoms with E-state index >= 15 is 0 Å². The molecule has 0 atom stereocenters. The van der Waals surface area contributed by atoms with Gasteiger partial charge in [-0.3, -0.25) is 14.4 Å². The van der Waals surface area contributed by atoms with Crippen LogP contribution in [0.4, 0.5) is 5.69 Å². The van der Waals surface area contributed by atoms with Gasteiger partial charge >= 0.3 is 5.97 Å². The number of nitrogens with one attached hydrogen (secondary N) is 1. The standard InChI is InChI=1S/C42H41NO5/c1-20(2)24-10-9-11-25(21(3)4)38(24)43-41(46)32-18-14-28-29-15-19-33(42(47)48)37-31(40(45)23(7)8)17-13-27(35(29)37)26-12-16-30(36(32)34(26)28)39(44)22(5)6/h9-23H,1-8H3,(H,43,46)(H,47,48). The zero-order valence-electron chi connectivity index (χ0n) is 28.7. The smallest absolute Gasteiger partial charge is 0.336 e. The van der Waals surface area contributed by atoms with Gasteiger partial charge in [-0.2, -0.15) is 0 Å². The predicted molar refractivity (Wildman–Crippen MR) is 196 cm³/mol. The van der Waals surface area contributed by atoms with Crippen LogP contribution in [-0.4, -0.2) is 28.5 Å². The van der Waals surface area contributed by atoms with Crippen LogP contribution in [-0.2, 0) is 0 Å². The molecule has 0 spiro atoms. The van der Waals surface area contributed by atoms with E-state index in [4.69, 9.17) is 0 Å². The Hall–Kier alpha value is -5.10. The van der Waals surface area contributed by atoms with Crippen molar-refractivity contribution in [1.82, 2.24) is 0 Å². The van der Waals surface area contributed by atoms with Crippen LogP contribution in [0.2, 0.25) is 0 Å². The van der Waals surface area contributed by atoms with Gasteiger partial charge in [0.1, 0.15) is 0 Å². The van der Waals surface area contributed by atoms with E-state index in [2.05, 4.69) is 33.0 Å². The number of Topliss-reactive ketones (excluding diaryl/α,β-unsaturated/α-hetero) is 2. The molecule has 244 valence electrons. The number of carboxylic acid groups (broad SMARTS) is 1. The number of carbonyl (C=O) groups excluding carboxylic acids is 3. The monoisotopic (exact) mass is 639 g/mol. The molecule has 0 bridgehead atoms. The molecule has 1 amide bonds. The first-order valence-corrected chi connectivity index (χ1v) is 16.7. The Labute approximate surface area is 280 Å². The SMILES string of the molecule is CC(C)C(=O)c1ccc2c3ccc(C(=O)C(C)C)c4c(C(=O)Nc5c(C(C)C)cccc5C(C)C)ccc(c5ccc(C(=O)O)c1c52)c43. The van der Waals surface area contributed by atoms with Gasteiger partial charge in [0.05, 0.1) is 5.56 Å². The number of hydrogen-bond donors (Lipinski definition) is 2. The highest BCUT2D eigenvalue weighted by Gasteiger charge is 2.27. The number of benzene rings is 6. The first-order valence-electron chi connectivity index (χ1n) is 16.7. The summed E-state index contributed by atoms with van der Waals surface area (Å²) in [6, 6.07) is 20.4. The number of ketones is 2. The van der Waals surface area contributed by atoms with Gasteiger partial charge in [0.15, 0.2) is 11.6 Å². The third-order valence-electron chi connectivity index (χ3n) is 9.57. The maximum Gasteiger partial charge on any atom is 0.336 e. The van der Waals surface area contributed by atoms with Crippen molar-refractivity contribution in [2.45, 2.75) is 67.2 Å². The molecule has 0 unspecified atom stereocenters. The lowest BCUT2D eigenvalue weighted by Gasteiger charge is -2.22. The van der Waals surface area contributed by atoms with Gasteiger partial charge in [0, 0.05) is 45.0 Å². The molecule has 0 heterocycles. The van der Waals surface area contributed by atoms with E-state index in [0.717, 1.165) is 43.7 Å². The van der Waals surface area contributed by atoms with Crippen molar-refractivity contribution in [1.29, 1.82) is 0 Å². The Bertz CT molecular complexity index is 2260. The number of anilines is 1. The number of rotatable bonds is 9. The molecular weight excluding hydrogens is 598 g/mol. The summed E-state index contributed by atoms with van der Waals surface area (Å²) in [5, 5.41) is 19.0.